The summed E-state index contributed by atoms with van der Waals surface area (Å²) in [5.74, 6) is 0.0958. The molecule has 4 rings (SSSR count). The lowest BCUT2D eigenvalue weighted by atomic mass is 10.1. The first-order valence-electron chi connectivity index (χ1n) is 10.8. The molecule has 0 aliphatic carbocycles. The second-order valence-corrected chi connectivity index (χ2v) is 8.26. The molecule has 0 unspecified atom stereocenters. The minimum atomic E-state index is -0.496. The van der Waals surface area contributed by atoms with E-state index in [4.69, 9.17) is 21.1 Å². The van der Waals surface area contributed by atoms with Gasteiger partial charge in [-0.2, -0.15) is 0 Å². The summed E-state index contributed by atoms with van der Waals surface area (Å²) in [5, 5.41) is 0.0742. The number of rotatable bonds is 6. The van der Waals surface area contributed by atoms with Crippen molar-refractivity contribution in [2.24, 2.45) is 0 Å². The molecule has 1 saturated heterocycles. The maximum absolute atomic E-state index is 13.3. The van der Waals surface area contributed by atoms with Gasteiger partial charge in [-0.05, 0) is 42.0 Å². The molecule has 1 heterocycles. The summed E-state index contributed by atoms with van der Waals surface area (Å²) in [6.45, 7) is 1.84. The number of nitrogens with zero attached hydrogens (tertiary/aromatic N) is 2. The van der Waals surface area contributed by atoms with E-state index >= 15 is 0 Å². The summed E-state index contributed by atoms with van der Waals surface area (Å²) in [6.07, 6.45) is 0. The number of carbonyl (C=O) groups is 2. The lowest BCUT2D eigenvalue weighted by Gasteiger charge is -2.35. The number of halogens is 2. The highest BCUT2D eigenvalue weighted by molar-refractivity contribution is 6.33. The number of hydrogen-bond acceptors (Lipinski definition) is 4. The fourth-order valence-electron chi connectivity index (χ4n) is 3.78. The summed E-state index contributed by atoms with van der Waals surface area (Å²) in [6, 6.07) is 18.6. The molecule has 6 nitrogen and oxygen atoms in total. The van der Waals surface area contributed by atoms with Crippen LogP contribution in [0.2, 0.25) is 5.02 Å². The van der Waals surface area contributed by atoms with Gasteiger partial charge in [0.2, 0.25) is 0 Å². The minimum absolute atomic E-state index is 0.0742. The highest BCUT2D eigenvalue weighted by Crippen LogP contribution is 2.29. The van der Waals surface area contributed by atoms with Crippen molar-refractivity contribution in [1.82, 2.24) is 9.80 Å². The monoisotopic (exact) mass is 482 g/mol. The summed E-state index contributed by atoms with van der Waals surface area (Å²) in [5.41, 5.74) is 1.75. The van der Waals surface area contributed by atoms with Crippen LogP contribution in [-0.2, 0) is 6.61 Å². The quantitative estimate of drug-likeness (QED) is 0.512. The molecule has 1 aliphatic rings. The molecule has 1 aliphatic heterocycles. The summed E-state index contributed by atoms with van der Waals surface area (Å²) < 4.78 is 24.6. The summed E-state index contributed by atoms with van der Waals surface area (Å²) in [4.78, 5) is 29.1. The van der Waals surface area contributed by atoms with Gasteiger partial charge in [0.05, 0.1) is 17.7 Å². The Hall–Kier alpha value is -3.58. The van der Waals surface area contributed by atoms with Gasteiger partial charge >= 0.3 is 0 Å². The Morgan fingerprint density at radius 2 is 1.56 bits per heavy atom. The largest absolute Gasteiger partial charge is 0.493 e. The van der Waals surface area contributed by atoms with Crippen LogP contribution in [0.1, 0.15) is 26.3 Å². The molecule has 0 radical (unpaired) electrons. The Bertz CT molecular complexity index is 1180. The molecule has 2 amide bonds. The topological polar surface area (TPSA) is 59.1 Å². The molecule has 176 valence electrons. The van der Waals surface area contributed by atoms with Crippen LogP contribution in [0.25, 0.3) is 0 Å². The van der Waals surface area contributed by atoms with Gasteiger partial charge in [-0.1, -0.05) is 41.9 Å². The SMILES string of the molecule is COc1cc(C(=O)N2CCN(C(=O)c3ccc(F)cc3Cl)CC2)ccc1OCc1ccccc1. The highest BCUT2D eigenvalue weighted by atomic mass is 35.5. The molecule has 34 heavy (non-hydrogen) atoms. The van der Waals surface area contributed by atoms with Gasteiger partial charge in [0.1, 0.15) is 12.4 Å². The number of hydrogen-bond donors (Lipinski definition) is 0. The minimum Gasteiger partial charge on any atom is -0.493 e. The number of carbonyl (C=O) groups excluding carboxylic acids is 2. The van der Waals surface area contributed by atoms with E-state index in [0.717, 1.165) is 11.6 Å². The first-order chi connectivity index (χ1) is 16.5. The van der Waals surface area contributed by atoms with Gasteiger partial charge in [-0.25, -0.2) is 4.39 Å². The number of benzene rings is 3. The van der Waals surface area contributed by atoms with Gasteiger partial charge in [0.25, 0.3) is 11.8 Å². The van der Waals surface area contributed by atoms with Crippen molar-refractivity contribution in [3.63, 3.8) is 0 Å². The van der Waals surface area contributed by atoms with Gasteiger partial charge in [0, 0.05) is 31.7 Å². The number of methoxy groups -OCH3 is 1. The van der Waals surface area contributed by atoms with E-state index in [9.17, 15) is 14.0 Å². The zero-order valence-electron chi connectivity index (χ0n) is 18.7. The van der Waals surface area contributed by atoms with E-state index in [1.165, 1.54) is 19.2 Å². The zero-order chi connectivity index (χ0) is 24.1. The van der Waals surface area contributed by atoms with Gasteiger partial charge < -0.3 is 19.3 Å². The van der Waals surface area contributed by atoms with Gasteiger partial charge in [-0.15, -0.1) is 0 Å². The van der Waals surface area contributed by atoms with E-state index in [1.54, 1.807) is 28.0 Å². The van der Waals surface area contributed by atoms with Crippen LogP contribution < -0.4 is 9.47 Å². The van der Waals surface area contributed by atoms with Crippen molar-refractivity contribution in [3.05, 3.63) is 94.3 Å². The van der Waals surface area contributed by atoms with Crippen molar-refractivity contribution in [3.8, 4) is 11.5 Å². The second-order valence-electron chi connectivity index (χ2n) is 7.85. The van der Waals surface area contributed by atoms with E-state index in [0.29, 0.717) is 49.8 Å². The molecule has 0 spiro atoms. The molecule has 0 N–H and O–H groups in total. The molecule has 3 aromatic rings. The smallest absolute Gasteiger partial charge is 0.255 e. The lowest BCUT2D eigenvalue weighted by molar-refractivity contribution is 0.0535. The number of amides is 2. The number of piperazine rings is 1. The Balaban J connectivity index is 1.38. The molecule has 1 fully saturated rings. The normalized spacial score (nSPS) is 13.5. The summed E-state index contributed by atoms with van der Waals surface area (Å²) >= 11 is 6.03. The van der Waals surface area contributed by atoms with E-state index in [2.05, 4.69) is 0 Å². The van der Waals surface area contributed by atoms with Crippen LogP contribution in [0.4, 0.5) is 4.39 Å². The van der Waals surface area contributed by atoms with Crippen molar-refractivity contribution in [1.29, 1.82) is 0 Å². The third-order valence-corrected chi connectivity index (χ3v) is 5.98. The van der Waals surface area contributed by atoms with E-state index in [-0.39, 0.29) is 22.4 Å². The molecule has 0 atom stereocenters. The van der Waals surface area contributed by atoms with Crippen LogP contribution in [0.5, 0.6) is 11.5 Å². The second kappa shape index (κ2) is 10.6. The molecule has 3 aromatic carbocycles. The first-order valence-corrected chi connectivity index (χ1v) is 11.2. The molecule has 0 saturated carbocycles. The van der Waals surface area contributed by atoms with Crippen LogP contribution >= 0.6 is 11.6 Å². The van der Waals surface area contributed by atoms with Crippen LogP contribution in [-0.4, -0.2) is 54.9 Å². The van der Waals surface area contributed by atoms with Gasteiger partial charge in [-0.3, -0.25) is 9.59 Å². The summed E-state index contributed by atoms with van der Waals surface area (Å²) in [7, 11) is 1.53. The molecule has 8 heteroatoms. The molecular formula is C26H24ClFN2O4. The average molecular weight is 483 g/mol. The van der Waals surface area contributed by atoms with Gasteiger partial charge in [0.15, 0.2) is 11.5 Å². The third-order valence-electron chi connectivity index (χ3n) is 5.66. The van der Waals surface area contributed by atoms with Crippen molar-refractivity contribution < 1.29 is 23.5 Å². The van der Waals surface area contributed by atoms with Crippen molar-refractivity contribution in [2.45, 2.75) is 6.61 Å². The Kier molecular flexibility index (Phi) is 7.33. The van der Waals surface area contributed by atoms with Crippen LogP contribution in [0.3, 0.4) is 0 Å². The Morgan fingerprint density at radius 3 is 2.21 bits per heavy atom. The Labute approximate surface area is 202 Å². The third kappa shape index (κ3) is 5.31. The standard InChI is InChI=1S/C26H24ClFN2O4/c1-33-24-15-19(7-10-23(24)34-17-18-5-3-2-4-6-18)25(31)29-11-13-30(14-12-29)26(32)21-9-8-20(28)16-22(21)27/h2-10,15-16H,11-14,17H2,1H3. The highest BCUT2D eigenvalue weighted by Gasteiger charge is 2.27. The fourth-order valence-corrected chi connectivity index (χ4v) is 4.03. The fraction of sp³-hybridized carbons (Fsp3) is 0.231. The first kappa shape index (κ1) is 23.6. The predicted octanol–water partition coefficient (Wildman–Crippen LogP) is 4.66. The maximum Gasteiger partial charge on any atom is 0.255 e. The molecular weight excluding hydrogens is 459 g/mol. The Morgan fingerprint density at radius 1 is 0.882 bits per heavy atom. The predicted molar refractivity (Wildman–Crippen MR) is 127 cm³/mol. The number of ether oxygens (including phenoxy) is 2. The van der Waals surface area contributed by atoms with E-state index in [1.807, 2.05) is 30.3 Å². The van der Waals surface area contributed by atoms with Crippen molar-refractivity contribution >= 4 is 23.4 Å². The van der Waals surface area contributed by atoms with Crippen LogP contribution in [0.15, 0.2) is 66.7 Å². The molecule has 0 bridgehead atoms. The maximum atomic E-state index is 13.3. The van der Waals surface area contributed by atoms with Crippen molar-refractivity contribution in [2.75, 3.05) is 33.3 Å². The van der Waals surface area contributed by atoms with Crippen LogP contribution in [0, 0.1) is 5.82 Å². The molecule has 0 aromatic heterocycles. The van der Waals surface area contributed by atoms with E-state index < -0.39 is 5.82 Å². The average Bonchev–Trinajstić information content (AvgIpc) is 2.87. The lowest BCUT2D eigenvalue weighted by Crippen LogP contribution is -2.50. The zero-order valence-corrected chi connectivity index (χ0v) is 19.4.